The maximum Gasteiger partial charge on any atom is 0.246 e. The summed E-state index contributed by atoms with van der Waals surface area (Å²) >= 11 is 0. The Kier molecular flexibility index (Phi) is 7.89. The average Bonchev–Trinajstić information content (AvgIpc) is 2.83. The van der Waals surface area contributed by atoms with E-state index in [4.69, 9.17) is 4.74 Å². The Morgan fingerprint density at radius 2 is 1.58 bits per heavy atom. The van der Waals surface area contributed by atoms with E-state index in [1.807, 2.05) is 44.2 Å². The minimum atomic E-state index is -3.49. The van der Waals surface area contributed by atoms with Crippen LogP contribution in [0.25, 0.3) is 16.8 Å². The number of rotatable bonds is 9. The molecule has 0 N–H and O–H groups in total. The van der Waals surface area contributed by atoms with Crippen molar-refractivity contribution < 1.29 is 17.9 Å². The van der Waals surface area contributed by atoms with Crippen LogP contribution in [-0.2, 0) is 21.4 Å². The van der Waals surface area contributed by atoms with Gasteiger partial charge >= 0.3 is 0 Å². The van der Waals surface area contributed by atoms with Gasteiger partial charge in [0.25, 0.3) is 0 Å². The van der Waals surface area contributed by atoms with Crippen LogP contribution in [0.5, 0.6) is 5.75 Å². The number of hydrogen-bond donors (Lipinski definition) is 0. The Morgan fingerprint density at radius 3 is 2.21 bits per heavy atom. The highest BCUT2D eigenvalue weighted by Crippen LogP contribution is 2.22. The van der Waals surface area contributed by atoms with Crippen LogP contribution >= 0.6 is 0 Å². The van der Waals surface area contributed by atoms with Crippen molar-refractivity contribution in [2.24, 2.45) is 0 Å². The second-order valence-electron chi connectivity index (χ2n) is 7.73. The normalized spacial score (nSPS) is 11.9. The van der Waals surface area contributed by atoms with E-state index in [9.17, 15) is 13.2 Å². The quantitative estimate of drug-likeness (QED) is 0.434. The predicted molar refractivity (Wildman–Crippen MR) is 133 cm³/mol. The molecule has 0 fully saturated rings. The summed E-state index contributed by atoms with van der Waals surface area (Å²) in [6.45, 7) is 4.95. The average molecular weight is 467 g/mol. The van der Waals surface area contributed by atoms with Gasteiger partial charge in [-0.1, -0.05) is 44.2 Å². The highest BCUT2D eigenvalue weighted by atomic mass is 32.2. The summed E-state index contributed by atoms with van der Waals surface area (Å²) in [5.74, 6) is 0.677. The standard InChI is InChI=1S/C26H30N2O4S/c1-5-28(6-2)33(30,31)25-14-8-20(9-15-25)10-16-26(29)27(3)19-21-7-11-23-18-24(32-4)13-12-22(23)17-21/h7-18H,5-6,19H2,1-4H3/b16-10+. The fourth-order valence-corrected chi connectivity index (χ4v) is 5.07. The Hall–Kier alpha value is -3.16. The molecule has 3 aromatic rings. The Morgan fingerprint density at radius 1 is 0.939 bits per heavy atom. The van der Waals surface area contributed by atoms with Gasteiger partial charge in [0, 0.05) is 32.8 Å². The molecule has 0 bridgehead atoms. The van der Waals surface area contributed by atoms with Crippen molar-refractivity contribution >= 4 is 32.8 Å². The first kappa shape index (κ1) is 24.5. The number of sulfonamides is 1. The minimum absolute atomic E-state index is 0.135. The molecule has 0 aliphatic carbocycles. The summed E-state index contributed by atoms with van der Waals surface area (Å²) in [6, 6.07) is 18.6. The van der Waals surface area contributed by atoms with E-state index in [2.05, 4.69) is 6.07 Å². The van der Waals surface area contributed by atoms with Gasteiger partial charge in [-0.15, -0.1) is 0 Å². The lowest BCUT2D eigenvalue weighted by Crippen LogP contribution is -2.30. The zero-order valence-corrected chi connectivity index (χ0v) is 20.3. The molecular weight excluding hydrogens is 436 g/mol. The molecular formula is C26H30N2O4S. The number of nitrogens with zero attached hydrogens (tertiary/aromatic N) is 2. The molecule has 0 aliphatic heterocycles. The van der Waals surface area contributed by atoms with Crippen LogP contribution < -0.4 is 4.74 Å². The van der Waals surface area contributed by atoms with E-state index < -0.39 is 10.0 Å². The number of carbonyl (C=O) groups is 1. The third kappa shape index (κ3) is 5.80. The molecule has 6 nitrogen and oxygen atoms in total. The van der Waals surface area contributed by atoms with E-state index in [0.717, 1.165) is 27.6 Å². The van der Waals surface area contributed by atoms with Crippen LogP contribution in [0.4, 0.5) is 0 Å². The van der Waals surface area contributed by atoms with Gasteiger partial charge in [0.1, 0.15) is 5.75 Å². The number of methoxy groups -OCH3 is 1. The monoisotopic (exact) mass is 466 g/mol. The lowest BCUT2D eigenvalue weighted by molar-refractivity contribution is -0.125. The van der Waals surface area contributed by atoms with Crippen LogP contribution in [0, 0.1) is 0 Å². The predicted octanol–water partition coefficient (Wildman–Crippen LogP) is 4.55. The number of likely N-dealkylation sites (N-methyl/N-ethyl adjacent to an activating group) is 1. The zero-order chi connectivity index (χ0) is 24.0. The molecule has 7 heteroatoms. The lowest BCUT2D eigenvalue weighted by Gasteiger charge is -2.18. The van der Waals surface area contributed by atoms with Crippen molar-refractivity contribution in [3.8, 4) is 5.75 Å². The van der Waals surface area contributed by atoms with Crippen molar-refractivity contribution in [2.75, 3.05) is 27.2 Å². The summed E-state index contributed by atoms with van der Waals surface area (Å²) in [7, 11) is -0.0902. The van der Waals surface area contributed by atoms with Crippen LogP contribution in [0.1, 0.15) is 25.0 Å². The fraction of sp³-hybridized carbons (Fsp3) is 0.269. The van der Waals surface area contributed by atoms with Crippen LogP contribution in [0.2, 0.25) is 0 Å². The lowest BCUT2D eigenvalue weighted by atomic mass is 10.1. The maximum atomic E-state index is 12.6. The van der Waals surface area contributed by atoms with Gasteiger partial charge in [0.2, 0.25) is 15.9 Å². The van der Waals surface area contributed by atoms with Gasteiger partial charge in [0.05, 0.1) is 12.0 Å². The van der Waals surface area contributed by atoms with Gasteiger partial charge in [-0.2, -0.15) is 4.31 Å². The first-order valence-corrected chi connectivity index (χ1v) is 12.3. The van der Waals surface area contributed by atoms with Crippen molar-refractivity contribution in [3.63, 3.8) is 0 Å². The Balaban J connectivity index is 1.66. The number of fused-ring (bicyclic) bond motifs is 1. The third-order valence-corrected chi connectivity index (χ3v) is 7.61. The number of carbonyl (C=O) groups excluding carboxylic acids is 1. The van der Waals surface area contributed by atoms with E-state index in [1.54, 1.807) is 49.4 Å². The molecule has 0 saturated heterocycles. The number of ether oxygens (including phenoxy) is 1. The highest BCUT2D eigenvalue weighted by Gasteiger charge is 2.21. The zero-order valence-electron chi connectivity index (χ0n) is 19.5. The van der Waals surface area contributed by atoms with E-state index >= 15 is 0 Å². The van der Waals surface area contributed by atoms with Crippen molar-refractivity contribution in [3.05, 3.63) is 77.9 Å². The first-order valence-electron chi connectivity index (χ1n) is 10.9. The third-order valence-electron chi connectivity index (χ3n) is 5.55. The molecule has 0 radical (unpaired) electrons. The first-order chi connectivity index (χ1) is 15.8. The molecule has 174 valence electrons. The van der Waals surface area contributed by atoms with Crippen molar-refractivity contribution in [1.29, 1.82) is 0 Å². The van der Waals surface area contributed by atoms with Gasteiger partial charge in [-0.3, -0.25) is 4.79 Å². The molecule has 1 amide bonds. The van der Waals surface area contributed by atoms with Crippen molar-refractivity contribution in [1.82, 2.24) is 9.21 Å². The van der Waals surface area contributed by atoms with Gasteiger partial charge in [-0.05, 0) is 58.3 Å². The number of hydrogen-bond acceptors (Lipinski definition) is 4. The van der Waals surface area contributed by atoms with Crippen LogP contribution in [0.3, 0.4) is 0 Å². The van der Waals surface area contributed by atoms with Gasteiger partial charge in [0.15, 0.2) is 0 Å². The second kappa shape index (κ2) is 10.6. The van der Waals surface area contributed by atoms with Gasteiger partial charge in [-0.25, -0.2) is 8.42 Å². The molecule has 0 atom stereocenters. The fourth-order valence-electron chi connectivity index (χ4n) is 3.61. The smallest absolute Gasteiger partial charge is 0.246 e. The van der Waals surface area contributed by atoms with Crippen LogP contribution in [0.15, 0.2) is 71.6 Å². The van der Waals surface area contributed by atoms with E-state index in [1.165, 1.54) is 10.4 Å². The minimum Gasteiger partial charge on any atom is -0.497 e. The number of amides is 1. The number of benzene rings is 3. The molecule has 0 unspecified atom stereocenters. The topological polar surface area (TPSA) is 66.9 Å². The molecule has 3 rings (SSSR count). The van der Waals surface area contributed by atoms with Gasteiger partial charge < -0.3 is 9.64 Å². The summed E-state index contributed by atoms with van der Waals surface area (Å²) in [6.07, 6.45) is 3.19. The summed E-state index contributed by atoms with van der Waals surface area (Å²) in [4.78, 5) is 14.5. The molecule has 3 aromatic carbocycles. The summed E-state index contributed by atoms with van der Waals surface area (Å²) < 4.78 is 31.9. The highest BCUT2D eigenvalue weighted by molar-refractivity contribution is 7.89. The van der Waals surface area contributed by atoms with E-state index in [0.29, 0.717) is 19.6 Å². The Labute approximate surface area is 196 Å². The van der Waals surface area contributed by atoms with Crippen molar-refractivity contribution in [2.45, 2.75) is 25.3 Å². The largest absolute Gasteiger partial charge is 0.497 e. The summed E-state index contributed by atoms with van der Waals surface area (Å²) in [5.41, 5.74) is 1.79. The molecule has 33 heavy (non-hydrogen) atoms. The Bertz CT molecular complexity index is 1250. The molecule has 0 spiro atoms. The molecule has 0 heterocycles. The second-order valence-corrected chi connectivity index (χ2v) is 9.67. The summed E-state index contributed by atoms with van der Waals surface area (Å²) in [5, 5.41) is 2.17. The molecule has 0 aromatic heterocycles. The molecule has 0 saturated carbocycles. The molecule has 0 aliphatic rings. The van der Waals surface area contributed by atoms with Crippen LogP contribution in [-0.4, -0.2) is 50.8 Å². The SMILES string of the molecule is CCN(CC)S(=O)(=O)c1ccc(/C=C/C(=O)N(C)Cc2ccc3cc(OC)ccc3c2)cc1. The van der Waals surface area contributed by atoms with E-state index in [-0.39, 0.29) is 10.8 Å². The maximum absolute atomic E-state index is 12.6.